The van der Waals surface area contributed by atoms with Crippen LogP contribution in [0.1, 0.15) is 18.9 Å². The van der Waals surface area contributed by atoms with Gasteiger partial charge in [0.25, 0.3) is 0 Å². The van der Waals surface area contributed by atoms with Gasteiger partial charge >= 0.3 is 12.1 Å². The van der Waals surface area contributed by atoms with Crippen LogP contribution >= 0.6 is 23.5 Å². The maximum Gasteiger partial charge on any atom is 0.395 e. The van der Waals surface area contributed by atoms with Crippen molar-refractivity contribution in [3.8, 4) is 0 Å². The molecule has 0 spiro atoms. The number of carbonyl (C=O) groups is 2. The highest BCUT2D eigenvalue weighted by Crippen LogP contribution is 2.54. The second-order valence-corrected chi connectivity index (χ2v) is 8.96. The van der Waals surface area contributed by atoms with Crippen LogP contribution in [-0.2, 0) is 20.7 Å². The molecule has 0 bridgehead atoms. The molecule has 1 heterocycles. The van der Waals surface area contributed by atoms with Gasteiger partial charge in [0.15, 0.2) is 0 Å². The lowest BCUT2D eigenvalue weighted by atomic mass is 9.83. The Hall–Kier alpha value is -1.15. The summed E-state index contributed by atoms with van der Waals surface area (Å²) in [5, 5.41) is 0. The molecule has 1 aromatic carbocycles. The average Bonchev–Trinajstić information content (AvgIpc) is 2.62. The molecular formula is C18H21F3O3S2. The zero-order valence-electron chi connectivity index (χ0n) is 14.3. The van der Waals surface area contributed by atoms with E-state index < -0.39 is 28.1 Å². The van der Waals surface area contributed by atoms with E-state index in [4.69, 9.17) is 4.74 Å². The van der Waals surface area contributed by atoms with E-state index in [2.05, 4.69) is 0 Å². The number of aldehydes is 1. The molecule has 0 radical (unpaired) electrons. The quantitative estimate of drug-likeness (QED) is 0.497. The van der Waals surface area contributed by atoms with Gasteiger partial charge in [0.2, 0.25) is 0 Å². The number of ether oxygens (including phenoxy) is 1. The van der Waals surface area contributed by atoms with Crippen molar-refractivity contribution in [1.82, 2.24) is 0 Å². The van der Waals surface area contributed by atoms with Gasteiger partial charge in [-0.15, -0.1) is 23.5 Å². The van der Waals surface area contributed by atoms with Crippen LogP contribution in [0.25, 0.3) is 0 Å². The topological polar surface area (TPSA) is 43.4 Å². The third kappa shape index (κ3) is 4.97. The smallest absolute Gasteiger partial charge is 0.395 e. The summed E-state index contributed by atoms with van der Waals surface area (Å²) >= 11 is 1.97. The number of hydrogen-bond acceptors (Lipinski definition) is 5. The fraction of sp³-hybridized carbons (Fsp3) is 0.556. The van der Waals surface area contributed by atoms with Crippen molar-refractivity contribution in [2.45, 2.75) is 30.0 Å². The monoisotopic (exact) mass is 406 g/mol. The van der Waals surface area contributed by atoms with Crippen molar-refractivity contribution >= 4 is 35.8 Å². The number of alkyl halides is 3. The van der Waals surface area contributed by atoms with Crippen molar-refractivity contribution in [2.24, 2.45) is 11.8 Å². The Labute approximate surface area is 159 Å². The number of thioether (sulfide) groups is 2. The minimum absolute atomic E-state index is 0.0108. The van der Waals surface area contributed by atoms with Gasteiger partial charge in [-0.25, -0.2) is 0 Å². The van der Waals surface area contributed by atoms with Crippen LogP contribution in [0.3, 0.4) is 0 Å². The Balaban J connectivity index is 2.46. The molecule has 0 amide bonds. The molecule has 0 aliphatic carbocycles. The highest BCUT2D eigenvalue weighted by Gasteiger charge is 2.60. The fourth-order valence-electron chi connectivity index (χ4n) is 3.08. The number of benzene rings is 1. The van der Waals surface area contributed by atoms with Crippen LogP contribution in [0.15, 0.2) is 30.3 Å². The van der Waals surface area contributed by atoms with E-state index in [0.29, 0.717) is 23.4 Å². The predicted octanol–water partition coefficient (Wildman–Crippen LogP) is 4.35. The maximum atomic E-state index is 14.1. The van der Waals surface area contributed by atoms with Crippen molar-refractivity contribution in [1.29, 1.82) is 0 Å². The second-order valence-electron chi connectivity index (χ2n) is 5.96. The average molecular weight is 406 g/mol. The zero-order valence-corrected chi connectivity index (χ0v) is 16.0. The summed E-state index contributed by atoms with van der Waals surface area (Å²) in [6.45, 7) is 1.54. The number of halogens is 3. The van der Waals surface area contributed by atoms with Crippen molar-refractivity contribution in [3.05, 3.63) is 35.9 Å². The van der Waals surface area contributed by atoms with E-state index in [1.54, 1.807) is 37.3 Å². The lowest BCUT2D eigenvalue weighted by Gasteiger charge is -2.41. The molecule has 1 fully saturated rings. The Kier molecular flexibility index (Phi) is 7.46. The number of hydrogen-bond donors (Lipinski definition) is 0. The van der Waals surface area contributed by atoms with Crippen LogP contribution in [0.5, 0.6) is 0 Å². The molecule has 1 aliphatic heterocycles. The van der Waals surface area contributed by atoms with Gasteiger partial charge in [-0.05, 0) is 36.8 Å². The van der Waals surface area contributed by atoms with Gasteiger partial charge in [0, 0.05) is 0 Å². The normalized spacial score (nSPS) is 19.4. The standard InChI is InChI=1S/C18H21F3O3S2/c1-2-24-16(23)14(11-13-7-4-3-5-8-13)15(18(19,20)21)17(12-22)25-9-6-10-26-17/h3-5,7-8,12,14-15H,2,6,9-11H2,1H3. The molecule has 1 aromatic rings. The highest BCUT2D eigenvalue weighted by atomic mass is 32.2. The molecule has 2 unspecified atom stereocenters. The van der Waals surface area contributed by atoms with Crippen LogP contribution in [0, 0.1) is 11.8 Å². The molecule has 2 rings (SSSR count). The second kappa shape index (κ2) is 9.17. The third-order valence-corrected chi connectivity index (χ3v) is 7.48. The fourth-order valence-corrected chi connectivity index (χ4v) is 6.40. The summed E-state index contributed by atoms with van der Waals surface area (Å²) in [6, 6.07) is 8.52. The molecule has 0 saturated carbocycles. The molecule has 1 saturated heterocycles. The van der Waals surface area contributed by atoms with E-state index >= 15 is 0 Å². The summed E-state index contributed by atoms with van der Waals surface area (Å²) in [6.07, 6.45) is -3.72. The predicted molar refractivity (Wildman–Crippen MR) is 98.1 cm³/mol. The van der Waals surface area contributed by atoms with E-state index in [1.165, 1.54) is 0 Å². The van der Waals surface area contributed by atoms with Gasteiger partial charge < -0.3 is 9.53 Å². The summed E-state index contributed by atoms with van der Waals surface area (Å²) in [7, 11) is 0. The van der Waals surface area contributed by atoms with Crippen molar-refractivity contribution in [2.75, 3.05) is 18.1 Å². The Morgan fingerprint density at radius 1 is 1.27 bits per heavy atom. The highest BCUT2D eigenvalue weighted by molar-refractivity contribution is 8.19. The molecule has 144 valence electrons. The van der Waals surface area contributed by atoms with Crippen LogP contribution in [-0.4, -0.2) is 40.6 Å². The van der Waals surface area contributed by atoms with Crippen LogP contribution in [0.2, 0.25) is 0 Å². The first-order valence-corrected chi connectivity index (χ1v) is 10.3. The van der Waals surface area contributed by atoms with Crippen LogP contribution in [0.4, 0.5) is 13.2 Å². The molecule has 8 heteroatoms. The molecule has 26 heavy (non-hydrogen) atoms. The van der Waals surface area contributed by atoms with Gasteiger partial charge in [-0.1, -0.05) is 30.3 Å². The lowest BCUT2D eigenvalue weighted by Crippen LogP contribution is -2.51. The molecule has 1 aliphatic rings. The Morgan fingerprint density at radius 3 is 2.38 bits per heavy atom. The minimum atomic E-state index is -4.70. The van der Waals surface area contributed by atoms with Gasteiger partial charge in [-0.2, -0.15) is 13.2 Å². The summed E-state index contributed by atoms with van der Waals surface area (Å²) in [5.41, 5.74) is 0.603. The van der Waals surface area contributed by atoms with Gasteiger partial charge in [0.1, 0.15) is 10.4 Å². The van der Waals surface area contributed by atoms with Gasteiger partial charge in [-0.3, -0.25) is 4.79 Å². The molecule has 3 nitrogen and oxygen atoms in total. The molecule has 2 atom stereocenters. The summed E-state index contributed by atoms with van der Waals surface area (Å²) < 4.78 is 45.5. The minimum Gasteiger partial charge on any atom is -0.466 e. The summed E-state index contributed by atoms with van der Waals surface area (Å²) in [4.78, 5) is 24.3. The SMILES string of the molecule is CCOC(=O)C(Cc1ccccc1)C(C(F)(F)F)C1(C=O)SCCCS1. The molecule has 0 aromatic heterocycles. The van der Waals surface area contributed by atoms with E-state index in [-0.39, 0.29) is 13.0 Å². The number of rotatable bonds is 7. The Bertz CT molecular complexity index is 601. The van der Waals surface area contributed by atoms with E-state index in [9.17, 15) is 22.8 Å². The first-order valence-electron chi connectivity index (χ1n) is 8.35. The zero-order chi connectivity index (χ0) is 19.2. The first kappa shape index (κ1) is 21.2. The molecule has 0 N–H and O–H groups in total. The number of carbonyl (C=O) groups excluding carboxylic acids is 2. The van der Waals surface area contributed by atoms with Crippen molar-refractivity contribution < 1.29 is 27.5 Å². The molecular weight excluding hydrogens is 385 g/mol. The third-order valence-electron chi connectivity index (χ3n) is 4.18. The first-order chi connectivity index (χ1) is 12.3. The number of esters is 1. The lowest BCUT2D eigenvalue weighted by molar-refractivity contribution is -0.200. The van der Waals surface area contributed by atoms with Crippen molar-refractivity contribution in [3.63, 3.8) is 0 Å². The summed E-state index contributed by atoms with van der Waals surface area (Å²) in [5.74, 6) is -3.58. The van der Waals surface area contributed by atoms with Crippen LogP contribution < -0.4 is 0 Å². The van der Waals surface area contributed by atoms with E-state index in [1.807, 2.05) is 0 Å². The Morgan fingerprint density at radius 2 is 1.88 bits per heavy atom. The largest absolute Gasteiger partial charge is 0.466 e. The van der Waals surface area contributed by atoms with E-state index in [0.717, 1.165) is 29.9 Å². The maximum absolute atomic E-state index is 14.1. The van der Waals surface area contributed by atoms with Gasteiger partial charge in [0.05, 0.1) is 18.4 Å².